The fraction of sp³-hybridized carbons (Fsp3) is 0.704. The summed E-state index contributed by atoms with van der Waals surface area (Å²) in [7, 11) is 0. The van der Waals surface area contributed by atoms with Gasteiger partial charge in [-0.2, -0.15) is 0 Å². The lowest BCUT2D eigenvalue weighted by atomic mass is 10.1. The van der Waals surface area contributed by atoms with E-state index < -0.39 is 0 Å². The van der Waals surface area contributed by atoms with Crippen molar-refractivity contribution in [2.75, 3.05) is 6.61 Å². The normalized spacial score (nSPS) is 10.7. The highest BCUT2D eigenvalue weighted by Gasteiger charge is 2.19. The summed E-state index contributed by atoms with van der Waals surface area (Å²) >= 11 is 0. The van der Waals surface area contributed by atoms with Gasteiger partial charge in [-0.25, -0.2) is 0 Å². The summed E-state index contributed by atoms with van der Waals surface area (Å²) in [5.74, 6) is 0.287. The Kier molecular flexibility index (Phi) is 16.2. The second-order valence-electron chi connectivity index (χ2n) is 8.42. The number of ether oxygens (including phenoxy) is 3. The van der Waals surface area contributed by atoms with Gasteiger partial charge in [-0.05, 0) is 31.4 Å². The quantitative estimate of drug-likeness (QED) is 0.123. The van der Waals surface area contributed by atoms with Crippen molar-refractivity contribution in [1.29, 1.82) is 0 Å². The van der Waals surface area contributed by atoms with Gasteiger partial charge in [-0.3, -0.25) is 9.59 Å². The van der Waals surface area contributed by atoms with Crippen molar-refractivity contribution in [2.45, 2.75) is 117 Å². The van der Waals surface area contributed by atoms with Crippen molar-refractivity contribution in [1.82, 2.24) is 0 Å². The standard InChI is InChI=1S/C27H44O5/c1-4-7-9-11-13-15-20-25(28)31-24-19-17-18-23(30-22-6-3)27(24)32-26(29)21-16-14-12-10-8-5-2/h17-19H,4-16,20-22H2,1-3H3. The summed E-state index contributed by atoms with van der Waals surface area (Å²) in [5.41, 5.74) is 0. The maximum atomic E-state index is 12.4. The SMILES string of the molecule is CCCCCCCCC(=O)Oc1cccc(OCCC)c1OC(=O)CCCCCCCC. The lowest BCUT2D eigenvalue weighted by Gasteiger charge is -2.15. The van der Waals surface area contributed by atoms with E-state index in [1.807, 2.05) is 6.92 Å². The molecule has 1 aromatic carbocycles. The van der Waals surface area contributed by atoms with E-state index in [1.165, 1.54) is 38.5 Å². The third-order valence-electron chi connectivity index (χ3n) is 5.31. The summed E-state index contributed by atoms with van der Waals surface area (Å²) in [4.78, 5) is 24.8. The van der Waals surface area contributed by atoms with E-state index in [0.29, 0.717) is 25.2 Å². The van der Waals surface area contributed by atoms with Gasteiger partial charge in [-0.1, -0.05) is 91.0 Å². The number of rotatable bonds is 19. The van der Waals surface area contributed by atoms with E-state index in [2.05, 4.69) is 13.8 Å². The number of para-hydroxylation sites is 1. The lowest BCUT2D eigenvalue weighted by molar-refractivity contribution is -0.137. The van der Waals surface area contributed by atoms with E-state index in [9.17, 15) is 9.59 Å². The van der Waals surface area contributed by atoms with Gasteiger partial charge in [0, 0.05) is 12.8 Å². The molecule has 5 heteroatoms. The molecule has 0 N–H and O–H groups in total. The second kappa shape index (κ2) is 18.5. The molecule has 0 saturated carbocycles. The van der Waals surface area contributed by atoms with Crippen LogP contribution in [0.3, 0.4) is 0 Å². The molecule has 0 aromatic heterocycles. The van der Waals surface area contributed by atoms with Crippen LogP contribution in [0.4, 0.5) is 0 Å². The smallest absolute Gasteiger partial charge is 0.311 e. The van der Waals surface area contributed by atoms with Crippen LogP contribution in [0.1, 0.15) is 117 Å². The summed E-state index contributed by atoms with van der Waals surface area (Å²) in [5, 5.41) is 0. The Morgan fingerprint density at radius 1 is 0.625 bits per heavy atom. The van der Waals surface area contributed by atoms with Gasteiger partial charge in [0.1, 0.15) is 0 Å². The van der Waals surface area contributed by atoms with E-state index in [1.54, 1.807) is 18.2 Å². The van der Waals surface area contributed by atoms with Crippen LogP contribution in [-0.2, 0) is 9.59 Å². The van der Waals surface area contributed by atoms with Crippen LogP contribution in [0, 0.1) is 0 Å². The first-order chi connectivity index (χ1) is 15.6. The molecule has 0 amide bonds. The fourth-order valence-electron chi connectivity index (χ4n) is 3.44. The topological polar surface area (TPSA) is 61.8 Å². The Hall–Kier alpha value is -2.04. The molecular formula is C27H44O5. The van der Waals surface area contributed by atoms with Crippen molar-refractivity contribution in [3.63, 3.8) is 0 Å². The molecule has 182 valence electrons. The zero-order valence-corrected chi connectivity index (χ0v) is 20.6. The predicted molar refractivity (Wildman–Crippen MR) is 129 cm³/mol. The number of hydrogen-bond donors (Lipinski definition) is 0. The molecule has 0 saturated heterocycles. The van der Waals surface area contributed by atoms with Crippen molar-refractivity contribution < 1.29 is 23.8 Å². The maximum absolute atomic E-state index is 12.4. The fourth-order valence-corrected chi connectivity index (χ4v) is 3.44. The number of unbranched alkanes of at least 4 members (excludes halogenated alkanes) is 10. The van der Waals surface area contributed by atoms with Crippen molar-refractivity contribution in [2.24, 2.45) is 0 Å². The average molecular weight is 449 g/mol. The van der Waals surface area contributed by atoms with E-state index >= 15 is 0 Å². The zero-order chi connectivity index (χ0) is 23.4. The van der Waals surface area contributed by atoms with Crippen LogP contribution < -0.4 is 14.2 Å². The third-order valence-corrected chi connectivity index (χ3v) is 5.31. The van der Waals surface area contributed by atoms with E-state index in [4.69, 9.17) is 14.2 Å². The maximum Gasteiger partial charge on any atom is 0.311 e. The van der Waals surface area contributed by atoms with Crippen molar-refractivity contribution >= 4 is 11.9 Å². The molecule has 1 rings (SSSR count). The van der Waals surface area contributed by atoms with Gasteiger partial charge in [0.25, 0.3) is 0 Å². The van der Waals surface area contributed by atoms with Crippen LogP contribution in [0.15, 0.2) is 18.2 Å². The first-order valence-corrected chi connectivity index (χ1v) is 12.8. The minimum Gasteiger partial charge on any atom is -0.490 e. The van der Waals surface area contributed by atoms with Gasteiger partial charge in [0.05, 0.1) is 6.61 Å². The van der Waals surface area contributed by atoms with E-state index in [-0.39, 0.29) is 23.4 Å². The molecule has 1 aromatic rings. The summed E-state index contributed by atoms with van der Waals surface area (Å²) < 4.78 is 16.9. The highest BCUT2D eigenvalue weighted by atomic mass is 16.6. The summed E-state index contributed by atoms with van der Waals surface area (Å²) in [6, 6.07) is 5.16. The molecule has 0 aliphatic rings. The molecular weight excluding hydrogens is 404 g/mol. The van der Waals surface area contributed by atoms with Crippen molar-refractivity contribution in [3.8, 4) is 17.2 Å². The number of esters is 2. The molecule has 0 aliphatic heterocycles. The van der Waals surface area contributed by atoms with Crippen molar-refractivity contribution in [3.05, 3.63) is 18.2 Å². The largest absolute Gasteiger partial charge is 0.490 e. The second-order valence-corrected chi connectivity index (χ2v) is 8.42. The molecule has 0 fully saturated rings. The Labute approximate surface area is 195 Å². The minimum absolute atomic E-state index is 0.216. The lowest BCUT2D eigenvalue weighted by Crippen LogP contribution is -2.13. The van der Waals surface area contributed by atoms with Gasteiger partial charge < -0.3 is 14.2 Å². The van der Waals surface area contributed by atoms with Crippen LogP contribution in [0.2, 0.25) is 0 Å². The number of hydrogen-bond acceptors (Lipinski definition) is 5. The van der Waals surface area contributed by atoms with Gasteiger partial charge in [0.2, 0.25) is 5.75 Å². The van der Waals surface area contributed by atoms with Gasteiger partial charge >= 0.3 is 11.9 Å². The van der Waals surface area contributed by atoms with Crippen LogP contribution in [0.5, 0.6) is 17.2 Å². The monoisotopic (exact) mass is 448 g/mol. The number of carbonyl (C=O) groups is 2. The molecule has 0 atom stereocenters. The highest BCUT2D eigenvalue weighted by Crippen LogP contribution is 2.38. The highest BCUT2D eigenvalue weighted by molar-refractivity contribution is 5.77. The zero-order valence-electron chi connectivity index (χ0n) is 20.6. The molecule has 0 radical (unpaired) electrons. The Morgan fingerprint density at radius 3 is 1.69 bits per heavy atom. The van der Waals surface area contributed by atoms with Gasteiger partial charge in [-0.15, -0.1) is 0 Å². The molecule has 0 bridgehead atoms. The number of benzene rings is 1. The molecule has 32 heavy (non-hydrogen) atoms. The first kappa shape index (κ1) is 28.0. The van der Waals surface area contributed by atoms with Crippen LogP contribution >= 0.6 is 0 Å². The summed E-state index contributed by atoms with van der Waals surface area (Å²) in [6.45, 7) is 6.88. The minimum atomic E-state index is -0.318. The van der Waals surface area contributed by atoms with E-state index in [0.717, 1.165) is 44.9 Å². The predicted octanol–water partition coefficient (Wildman–Crippen LogP) is 7.79. The third kappa shape index (κ3) is 12.7. The molecule has 0 heterocycles. The first-order valence-electron chi connectivity index (χ1n) is 12.8. The Morgan fingerprint density at radius 2 is 1.12 bits per heavy atom. The number of carbonyl (C=O) groups excluding carboxylic acids is 2. The van der Waals surface area contributed by atoms with Crippen LogP contribution in [-0.4, -0.2) is 18.5 Å². The molecule has 0 unspecified atom stereocenters. The Bertz CT molecular complexity index is 641. The molecule has 0 spiro atoms. The average Bonchev–Trinajstić information content (AvgIpc) is 2.78. The molecule has 5 nitrogen and oxygen atoms in total. The molecule has 0 aliphatic carbocycles. The Balaban J connectivity index is 2.63. The van der Waals surface area contributed by atoms with Crippen LogP contribution in [0.25, 0.3) is 0 Å². The summed E-state index contributed by atoms with van der Waals surface area (Å²) in [6.07, 6.45) is 14.8. The van der Waals surface area contributed by atoms with Gasteiger partial charge in [0.15, 0.2) is 11.5 Å².